The Labute approximate surface area is 164 Å². The van der Waals surface area contributed by atoms with E-state index >= 15 is 0 Å². The number of furan rings is 1. The van der Waals surface area contributed by atoms with E-state index in [0.717, 1.165) is 34.8 Å². The maximum absolute atomic E-state index is 12.1. The van der Waals surface area contributed by atoms with Gasteiger partial charge >= 0.3 is 0 Å². The fraction of sp³-hybridized carbons (Fsp3) is 0.217. The van der Waals surface area contributed by atoms with Crippen LogP contribution in [0.15, 0.2) is 71.1 Å². The molecule has 0 saturated carbocycles. The lowest BCUT2D eigenvalue weighted by Gasteiger charge is -2.10. The predicted molar refractivity (Wildman–Crippen MR) is 110 cm³/mol. The second kappa shape index (κ2) is 9.55. The molecule has 0 fully saturated rings. The minimum absolute atomic E-state index is 0.0513. The summed E-state index contributed by atoms with van der Waals surface area (Å²) in [6.45, 7) is 1.98. The molecule has 0 saturated heterocycles. The highest BCUT2D eigenvalue weighted by molar-refractivity contribution is 5.95. The van der Waals surface area contributed by atoms with Gasteiger partial charge in [0.1, 0.15) is 11.5 Å². The molecule has 0 unspecified atom stereocenters. The maximum atomic E-state index is 12.1. The van der Waals surface area contributed by atoms with Gasteiger partial charge in [0.05, 0.1) is 6.54 Å². The Balaban J connectivity index is 1.43. The van der Waals surface area contributed by atoms with E-state index in [2.05, 4.69) is 10.6 Å². The number of hydrogen-bond acceptors (Lipinski definition) is 3. The van der Waals surface area contributed by atoms with Crippen molar-refractivity contribution in [2.75, 3.05) is 11.9 Å². The topological polar surface area (TPSA) is 71.3 Å². The van der Waals surface area contributed by atoms with Crippen LogP contribution in [0, 0.1) is 0 Å². The predicted octanol–water partition coefficient (Wildman–Crippen LogP) is 4.20. The lowest BCUT2D eigenvalue weighted by molar-refractivity contribution is -0.124. The number of amides is 2. The number of carbonyl (C=O) groups is 2. The first kappa shape index (κ1) is 19.4. The van der Waals surface area contributed by atoms with Crippen LogP contribution in [0.5, 0.6) is 0 Å². The molecule has 0 aliphatic carbocycles. The van der Waals surface area contributed by atoms with Gasteiger partial charge in [-0.15, -0.1) is 0 Å². The van der Waals surface area contributed by atoms with E-state index in [4.69, 9.17) is 4.42 Å². The number of benzene rings is 2. The zero-order chi connectivity index (χ0) is 19.8. The molecule has 5 heteroatoms. The molecule has 3 rings (SSSR count). The molecule has 1 aromatic heterocycles. The minimum Gasteiger partial charge on any atom is -0.461 e. The van der Waals surface area contributed by atoms with Gasteiger partial charge < -0.3 is 15.1 Å². The fourth-order valence-corrected chi connectivity index (χ4v) is 2.92. The van der Waals surface area contributed by atoms with Crippen molar-refractivity contribution < 1.29 is 14.0 Å². The Morgan fingerprint density at radius 1 is 0.893 bits per heavy atom. The molecule has 0 aliphatic heterocycles. The molecule has 0 bridgehead atoms. The summed E-state index contributed by atoms with van der Waals surface area (Å²) in [4.78, 5) is 24.1. The summed E-state index contributed by atoms with van der Waals surface area (Å²) in [7, 11) is 0. The molecule has 3 aromatic rings. The Kier molecular flexibility index (Phi) is 6.63. The molecule has 0 radical (unpaired) electrons. The van der Waals surface area contributed by atoms with Gasteiger partial charge in [-0.05, 0) is 30.2 Å². The van der Waals surface area contributed by atoms with Crippen molar-refractivity contribution >= 4 is 17.5 Å². The number of anilines is 1. The average Bonchev–Trinajstić information content (AvgIpc) is 3.21. The van der Waals surface area contributed by atoms with Crippen LogP contribution in [0.25, 0.3) is 11.3 Å². The summed E-state index contributed by atoms with van der Waals surface area (Å²) >= 11 is 0. The molecule has 0 spiro atoms. The van der Waals surface area contributed by atoms with Crippen molar-refractivity contribution in [1.82, 2.24) is 5.32 Å². The third-order valence-electron chi connectivity index (χ3n) is 4.44. The summed E-state index contributed by atoms with van der Waals surface area (Å²) in [5.74, 6) is 1.11. The molecule has 28 heavy (non-hydrogen) atoms. The molecule has 1 heterocycles. The van der Waals surface area contributed by atoms with Crippen LogP contribution < -0.4 is 10.6 Å². The van der Waals surface area contributed by atoms with Crippen LogP contribution in [0.2, 0.25) is 0 Å². The quantitative estimate of drug-likeness (QED) is 0.619. The number of rotatable bonds is 8. The van der Waals surface area contributed by atoms with E-state index in [1.165, 1.54) is 0 Å². The summed E-state index contributed by atoms with van der Waals surface area (Å²) in [5.41, 5.74) is 2.85. The van der Waals surface area contributed by atoms with Gasteiger partial charge in [0.2, 0.25) is 11.8 Å². The molecule has 5 nitrogen and oxygen atoms in total. The molecule has 144 valence electrons. The average molecular weight is 376 g/mol. The van der Waals surface area contributed by atoms with Gasteiger partial charge in [-0.1, -0.05) is 55.5 Å². The molecular weight excluding hydrogens is 352 g/mol. The standard InChI is InChI=1S/C23H24N2O3/c1-2-17-8-6-7-11-20(17)25-23(27)16-24-22(26)15-13-19-12-14-21(28-19)18-9-4-3-5-10-18/h3-12,14H,2,13,15-16H2,1H3,(H,24,26)(H,25,27). The number of aryl methyl sites for hydroxylation is 2. The lowest BCUT2D eigenvalue weighted by atomic mass is 10.1. The maximum Gasteiger partial charge on any atom is 0.243 e. The van der Waals surface area contributed by atoms with Gasteiger partial charge in [-0.25, -0.2) is 0 Å². The van der Waals surface area contributed by atoms with E-state index in [1.54, 1.807) is 0 Å². The van der Waals surface area contributed by atoms with Gasteiger partial charge in [0.25, 0.3) is 0 Å². The Bertz CT molecular complexity index is 932. The molecule has 0 atom stereocenters. The highest BCUT2D eigenvalue weighted by atomic mass is 16.3. The third kappa shape index (κ3) is 5.33. The number of para-hydroxylation sites is 1. The Hall–Kier alpha value is -3.34. The highest BCUT2D eigenvalue weighted by Crippen LogP contribution is 2.22. The smallest absolute Gasteiger partial charge is 0.243 e. The summed E-state index contributed by atoms with van der Waals surface area (Å²) < 4.78 is 5.79. The van der Waals surface area contributed by atoms with Crippen LogP contribution in [-0.2, 0) is 22.4 Å². The second-order valence-corrected chi connectivity index (χ2v) is 6.47. The van der Waals surface area contributed by atoms with Crippen LogP contribution in [0.3, 0.4) is 0 Å². The minimum atomic E-state index is -0.237. The summed E-state index contributed by atoms with van der Waals surface area (Å²) in [6.07, 6.45) is 1.58. The van der Waals surface area contributed by atoms with Crippen LogP contribution >= 0.6 is 0 Å². The first-order valence-electron chi connectivity index (χ1n) is 9.44. The summed E-state index contributed by atoms with van der Waals surface area (Å²) in [6, 6.07) is 21.2. The molecule has 2 amide bonds. The van der Waals surface area contributed by atoms with E-state index in [0.29, 0.717) is 6.42 Å². The van der Waals surface area contributed by atoms with Gasteiger partial charge in [0.15, 0.2) is 0 Å². The van der Waals surface area contributed by atoms with Crippen LogP contribution in [-0.4, -0.2) is 18.4 Å². The zero-order valence-electron chi connectivity index (χ0n) is 15.9. The number of carbonyl (C=O) groups excluding carboxylic acids is 2. The largest absolute Gasteiger partial charge is 0.461 e. The fourth-order valence-electron chi connectivity index (χ4n) is 2.92. The Morgan fingerprint density at radius 3 is 2.43 bits per heavy atom. The highest BCUT2D eigenvalue weighted by Gasteiger charge is 2.10. The van der Waals surface area contributed by atoms with Crippen LogP contribution in [0.1, 0.15) is 24.7 Å². The molecule has 2 N–H and O–H groups in total. The first-order valence-corrected chi connectivity index (χ1v) is 9.44. The van der Waals surface area contributed by atoms with Gasteiger partial charge in [0, 0.05) is 24.1 Å². The van der Waals surface area contributed by atoms with E-state index in [-0.39, 0.29) is 24.8 Å². The van der Waals surface area contributed by atoms with Crippen molar-refractivity contribution in [3.63, 3.8) is 0 Å². The monoisotopic (exact) mass is 376 g/mol. The number of nitrogens with one attached hydrogen (secondary N) is 2. The normalized spacial score (nSPS) is 10.5. The zero-order valence-corrected chi connectivity index (χ0v) is 15.9. The van der Waals surface area contributed by atoms with Crippen molar-refractivity contribution in [3.05, 3.63) is 78.1 Å². The summed E-state index contributed by atoms with van der Waals surface area (Å²) in [5, 5.41) is 5.50. The number of hydrogen-bond donors (Lipinski definition) is 2. The van der Waals surface area contributed by atoms with E-state index in [1.807, 2.05) is 73.7 Å². The van der Waals surface area contributed by atoms with Crippen molar-refractivity contribution in [2.45, 2.75) is 26.2 Å². The molecule has 0 aliphatic rings. The second-order valence-electron chi connectivity index (χ2n) is 6.47. The van der Waals surface area contributed by atoms with E-state index in [9.17, 15) is 9.59 Å². The van der Waals surface area contributed by atoms with Gasteiger partial charge in [-0.3, -0.25) is 9.59 Å². The molecule has 2 aromatic carbocycles. The van der Waals surface area contributed by atoms with Crippen LogP contribution in [0.4, 0.5) is 5.69 Å². The van der Waals surface area contributed by atoms with Crippen molar-refractivity contribution in [3.8, 4) is 11.3 Å². The SMILES string of the molecule is CCc1ccccc1NC(=O)CNC(=O)CCc1ccc(-c2ccccc2)o1. The van der Waals surface area contributed by atoms with Gasteiger partial charge in [-0.2, -0.15) is 0 Å². The van der Waals surface area contributed by atoms with E-state index < -0.39 is 0 Å². The van der Waals surface area contributed by atoms with Crippen molar-refractivity contribution in [2.24, 2.45) is 0 Å². The molecular formula is C23H24N2O3. The third-order valence-corrected chi connectivity index (χ3v) is 4.44. The lowest BCUT2D eigenvalue weighted by Crippen LogP contribution is -2.33. The van der Waals surface area contributed by atoms with Crippen molar-refractivity contribution in [1.29, 1.82) is 0 Å². The first-order chi connectivity index (χ1) is 13.7. The Morgan fingerprint density at radius 2 is 1.64 bits per heavy atom.